The predicted octanol–water partition coefficient (Wildman–Crippen LogP) is 3.45. The van der Waals surface area contributed by atoms with Gasteiger partial charge in [-0.25, -0.2) is 0 Å². The lowest BCUT2D eigenvalue weighted by Crippen LogP contribution is -2.14. The fraction of sp³-hybridized carbons (Fsp3) is 0.857. The van der Waals surface area contributed by atoms with Crippen LogP contribution in [0.2, 0.25) is 0 Å². The summed E-state index contributed by atoms with van der Waals surface area (Å²) in [6.07, 6.45) is 5.69. The molecule has 0 heterocycles. The van der Waals surface area contributed by atoms with E-state index in [9.17, 15) is 9.59 Å². The van der Waals surface area contributed by atoms with Crippen LogP contribution in [0.4, 0.5) is 0 Å². The van der Waals surface area contributed by atoms with E-state index in [-0.39, 0.29) is 30.8 Å². The number of rotatable bonds is 11. The van der Waals surface area contributed by atoms with Crippen LogP contribution < -0.4 is 0 Å². The van der Waals surface area contributed by atoms with E-state index in [1.807, 2.05) is 0 Å². The number of carbonyl (C=O) groups is 2. The smallest absolute Gasteiger partial charge is 0.306 e. The van der Waals surface area contributed by atoms with Crippen molar-refractivity contribution < 1.29 is 19.1 Å². The molecule has 0 radical (unpaired) electrons. The molecule has 4 nitrogen and oxygen atoms in total. The summed E-state index contributed by atoms with van der Waals surface area (Å²) < 4.78 is 9.87. The first-order valence-corrected chi connectivity index (χ1v) is 7.45. The maximum Gasteiger partial charge on any atom is 0.306 e. The Kier molecular flexibility index (Phi) is 11.8. The van der Waals surface area contributed by atoms with Gasteiger partial charge >= 0.3 is 11.9 Å². The van der Waals surface area contributed by atoms with Crippen molar-refractivity contribution in [1.82, 2.24) is 0 Å². The fourth-order valence-electron chi connectivity index (χ4n) is 1.45. The largest absolute Gasteiger partial charge is 0.466 e. The van der Waals surface area contributed by atoms with E-state index in [0.717, 1.165) is 12.8 Å². The number of ether oxygens (including phenoxy) is 2. The first kappa shape index (κ1) is 18.2. The monoisotopic (exact) mass is 292 g/mol. The number of hydrogen-bond acceptors (Lipinski definition) is 4. The Balaban J connectivity index is 3.41. The molecular weight excluding hydrogens is 268 g/mol. The zero-order valence-electron chi connectivity index (χ0n) is 12.0. The minimum Gasteiger partial charge on any atom is -0.466 e. The van der Waals surface area contributed by atoms with E-state index in [4.69, 9.17) is 21.1 Å². The van der Waals surface area contributed by atoms with Gasteiger partial charge in [-0.1, -0.05) is 32.6 Å². The van der Waals surface area contributed by atoms with Gasteiger partial charge in [0, 0.05) is 0 Å². The maximum absolute atomic E-state index is 11.3. The van der Waals surface area contributed by atoms with Gasteiger partial charge in [0.2, 0.25) is 0 Å². The minimum atomic E-state index is -0.410. The molecule has 112 valence electrons. The quantitative estimate of drug-likeness (QED) is 0.332. The van der Waals surface area contributed by atoms with Gasteiger partial charge in [-0.2, -0.15) is 0 Å². The normalized spacial score (nSPS) is 11.9. The van der Waals surface area contributed by atoms with Crippen molar-refractivity contribution in [2.75, 3.05) is 13.2 Å². The molecule has 0 bridgehead atoms. The Hall–Kier alpha value is -0.770. The molecule has 19 heavy (non-hydrogen) atoms. The van der Waals surface area contributed by atoms with Gasteiger partial charge in [0.05, 0.1) is 24.8 Å². The summed E-state index contributed by atoms with van der Waals surface area (Å²) >= 11 is 5.64. The molecule has 0 rings (SSSR count). The maximum atomic E-state index is 11.3. The van der Waals surface area contributed by atoms with E-state index >= 15 is 0 Å². The van der Waals surface area contributed by atoms with E-state index in [2.05, 4.69) is 6.92 Å². The number of hydrogen-bond donors (Lipinski definition) is 0. The molecule has 0 saturated carbocycles. The van der Waals surface area contributed by atoms with Crippen LogP contribution in [0, 0.1) is 0 Å². The van der Waals surface area contributed by atoms with Gasteiger partial charge in [-0.3, -0.25) is 9.59 Å². The average molecular weight is 293 g/mol. The van der Waals surface area contributed by atoms with E-state index < -0.39 is 5.97 Å². The highest BCUT2D eigenvalue weighted by Gasteiger charge is 2.09. The van der Waals surface area contributed by atoms with Crippen LogP contribution >= 0.6 is 11.6 Å². The Morgan fingerprint density at radius 2 is 1.58 bits per heavy atom. The van der Waals surface area contributed by atoms with Crippen LogP contribution in [-0.2, 0) is 19.1 Å². The van der Waals surface area contributed by atoms with Crippen LogP contribution in [0.25, 0.3) is 0 Å². The standard InChI is InChI=1S/C14H25ClO4/c1-3-4-5-6-7-10-18-13(16)8-9-14(17)19-11-12(2)15/h12H,3-11H2,1-2H3. The predicted molar refractivity (Wildman–Crippen MR) is 75.2 cm³/mol. The zero-order chi connectivity index (χ0) is 14.5. The Labute approximate surface area is 120 Å². The topological polar surface area (TPSA) is 52.6 Å². The molecule has 1 unspecified atom stereocenters. The van der Waals surface area contributed by atoms with E-state index in [0.29, 0.717) is 6.61 Å². The first-order chi connectivity index (χ1) is 9.06. The Morgan fingerprint density at radius 1 is 1.00 bits per heavy atom. The molecule has 0 aliphatic carbocycles. The lowest BCUT2D eigenvalue weighted by atomic mass is 10.2. The van der Waals surface area contributed by atoms with Crippen molar-refractivity contribution in [2.45, 2.75) is 64.2 Å². The second-order valence-electron chi connectivity index (χ2n) is 4.60. The van der Waals surface area contributed by atoms with Gasteiger partial charge in [-0.05, 0) is 13.3 Å². The Bertz CT molecular complexity index is 254. The van der Waals surface area contributed by atoms with Gasteiger partial charge in [0.25, 0.3) is 0 Å². The third-order valence-electron chi connectivity index (χ3n) is 2.52. The molecular formula is C14H25ClO4. The van der Waals surface area contributed by atoms with Crippen molar-refractivity contribution in [1.29, 1.82) is 0 Å². The molecule has 0 aliphatic heterocycles. The third-order valence-corrected chi connectivity index (χ3v) is 2.64. The molecule has 0 aliphatic rings. The molecule has 0 N–H and O–H groups in total. The van der Waals surface area contributed by atoms with Crippen LogP contribution in [0.5, 0.6) is 0 Å². The lowest BCUT2D eigenvalue weighted by Gasteiger charge is -2.06. The molecule has 0 aromatic rings. The van der Waals surface area contributed by atoms with Gasteiger partial charge in [-0.15, -0.1) is 11.6 Å². The summed E-state index contributed by atoms with van der Waals surface area (Å²) in [5, 5.41) is -0.209. The molecule has 0 saturated heterocycles. The number of carbonyl (C=O) groups excluding carboxylic acids is 2. The van der Waals surface area contributed by atoms with E-state index in [1.165, 1.54) is 19.3 Å². The van der Waals surface area contributed by atoms with Crippen LogP contribution in [0.3, 0.4) is 0 Å². The highest BCUT2D eigenvalue weighted by Crippen LogP contribution is 2.04. The molecule has 1 atom stereocenters. The van der Waals surface area contributed by atoms with Gasteiger partial charge in [0.15, 0.2) is 0 Å². The van der Waals surface area contributed by atoms with E-state index in [1.54, 1.807) is 6.92 Å². The fourth-order valence-corrected chi connectivity index (χ4v) is 1.51. The zero-order valence-corrected chi connectivity index (χ0v) is 12.7. The summed E-state index contributed by atoms with van der Waals surface area (Å²) in [5.74, 6) is -0.751. The molecule has 0 aromatic carbocycles. The number of halogens is 1. The summed E-state index contributed by atoms with van der Waals surface area (Å²) in [4.78, 5) is 22.5. The highest BCUT2D eigenvalue weighted by molar-refractivity contribution is 6.20. The van der Waals surface area contributed by atoms with Gasteiger partial charge in [0.1, 0.15) is 6.61 Å². The van der Waals surface area contributed by atoms with Crippen LogP contribution in [0.15, 0.2) is 0 Å². The van der Waals surface area contributed by atoms with Gasteiger partial charge < -0.3 is 9.47 Å². The number of esters is 2. The number of alkyl halides is 1. The molecule has 0 fully saturated rings. The molecule has 0 spiro atoms. The third kappa shape index (κ3) is 13.5. The minimum absolute atomic E-state index is 0.0538. The molecule has 5 heteroatoms. The van der Waals surface area contributed by atoms with Crippen molar-refractivity contribution in [3.8, 4) is 0 Å². The summed E-state index contributed by atoms with van der Waals surface area (Å²) in [7, 11) is 0. The summed E-state index contributed by atoms with van der Waals surface area (Å²) in [5.41, 5.74) is 0. The Morgan fingerprint density at radius 3 is 2.16 bits per heavy atom. The van der Waals surface area contributed by atoms with Crippen LogP contribution in [-0.4, -0.2) is 30.5 Å². The van der Waals surface area contributed by atoms with Crippen molar-refractivity contribution in [2.24, 2.45) is 0 Å². The van der Waals surface area contributed by atoms with Crippen molar-refractivity contribution in [3.05, 3.63) is 0 Å². The number of unbranched alkanes of at least 4 members (excludes halogenated alkanes) is 4. The van der Waals surface area contributed by atoms with Crippen molar-refractivity contribution >= 4 is 23.5 Å². The molecule has 0 amide bonds. The van der Waals surface area contributed by atoms with Crippen LogP contribution in [0.1, 0.15) is 58.8 Å². The molecule has 0 aromatic heterocycles. The SMILES string of the molecule is CCCCCCCOC(=O)CCC(=O)OCC(C)Cl. The second kappa shape index (κ2) is 12.3. The first-order valence-electron chi connectivity index (χ1n) is 7.01. The highest BCUT2D eigenvalue weighted by atomic mass is 35.5. The lowest BCUT2D eigenvalue weighted by molar-refractivity contribution is -0.150. The average Bonchev–Trinajstić information content (AvgIpc) is 2.38. The summed E-state index contributed by atoms with van der Waals surface area (Å²) in [6.45, 7) is 4.51. The van der Waals surface area contributed by atoms with Crippen molar-refractivity contribution in [3.63, 3.8) is 0 Å². The summed E-state index contributed by atoms with van der Waals surface area (Å²) in [6, 6.07) is 0. The second-order valence-corrected chi connectivity index (χ2v) is 5.34.